The summed E-state index contributed by atoms with van der Waals surface area (Å²) in [4.78, 5) is 8.99. The summed E-state index contributed by atoms with van der Waals surface area (Å²) >= 11 is 0. The van der Waals surface area contributed by atoms with Crippen LogP contribution in [0.5, 0.6) is 0 Å². The minimum absolute atomic E-state index is 0.149. The maximum atomic E-state index is 5.50. The van der Waals surface area contributed by atoms with Crippen molar-refractivity contribution in [3.63, 3.8) is 0 Å². The number of aliphatic imine (C=N–C) groups is 1. The summed E-state index contributed by atoms with van der Waals surface area (Å²) in [5, 5.41) is 10.8. The summed E-state index contributed by atoms with van der Waals surface area (Å²) in [5.41, 5.74) is 4.27. The molecule has 0 spiro atoms. The zero-order valence-corrected chi connectivity index (χ0v) is 18.0. The lowest BCUT2D eigenvalue weighted by molar-refractivity contribution is 0.0683. The molecule has 0 saturated heterocycles. The fourth-order valence-corrected chi connectivity index (χ4v) is 3.60. The standard InChI is InChI=1S/C22H33N5O2/c1-5-23-22(24-14-20-26-21(27-29-20)16(4)28-6-2)25-15(3)18-12-11-17-9-7-8-10-19(17)13-18/h11-13,15-16H,5-10,14H2,1-4H3,(H2,23,24,25). The van der Waals surface area contributed by atoms with Gasteiger partial charge in [0.1, 0.15) is 12.6 Å². The largest absolute Gasteiger partial charge is 0.371 e. The average Bonchev–Trinajstić information content (AvgIpc) is 3.21. The molecule has 29 heavy (non-hydrogen) atoms. The second kappa shape index (κ2) is 10.4. The van der Waals surface area contributed by atoms with Crippen molar-refractivity contribution >= 4 is 5.96 Å². The summed E-state index contributed by atoms with van der Waals surface area (Å²) in [6, 6.07) is 7.00. The third kappa shape index (κ3) is 5.79. The molecule has 1 aromatic carbocycles. The van der Waals surface area contributed by atoms with Gasteiger partial charge < -0.3 is 19.9 Å². The quantitative estimate of drug-likeness (QED) is 0.518. The predicted octanol–water partition coefficient (Wildman–Crippen LogP) is 3.86. The van der Waals surface area contributed by atoms with Crippen molar-refractivity contribution in [3.05, 3.63) is 46.6 Å². The molecule has 0 amide bonds. The van der Waals surface area contributed by atoms with Crippen molar-refractivity contribution in [2.24, 2.45) is 4.99 Å². The van der Waals surface area contributed by atoms with E-state index >= 15 is 0 Å². The van der Waals surface area contributed by atoms with Gasteiger partial charge in [0, 0.05) is 13.2 Å². The van der Waals surface area contributed by atoms with Crippen LogP contribution in [0.1, 0.15) is 81.1 Å². The molecule has 158 valence electrons. The van der Waals surface area contributed by atoms with Crippen LogP contribution in [0.4, 0.5) is 0 Å². The van der Waals surface area contributed by atoms with E-state index in [0.29, 0.717) is 24.9 Å². The Morgan fingerprint density at radius 3 is 2.76 bits per heavy atom. The molecule has 7 nitrogen and oxygen atoms in total. The molecular formula is C22H33N5O2. The molecule has 2 unspecified atom stereocenters. The highest BCUT2D eigenvalue weighted by molar-refractivity contribution is 5.80. The predicted molar refractivity (Wildman–Crippen MR) is 114 cm³/mol. The zero-order valence-electron chi connectivity index (χ0n) is 18.0. The topological polar surface area (TPSA) is 84.6 Å². The van der Waals surface area contributed by atoms with Gasteiger partial charge in [0.15, 0.2) is 11.8 Å². The van der Waals surface area contributed by atoms with Crippen LogP contribution in [-0.4, -0.2) is 29.3 Å². The van der Waals surface area contributed by atoms with E-state index in [2.05, 4.69) is 57.8 Å². The third-order valence-corrected chi connectivity index (χ3v) is 5.21. The van der Waals surface area contributed by atoms with E-state index in [-0.39, 0.29) is 12.1 Å². The SMILES string of the molecule is CCNC(=NCc1nc(C(C)OCC)no1)NC(C)c1ccc2c(c1)CCCC2. The fourth-order valence-electron chi connectivity index (χ4n) is 3.60. The molecule has 0 aliphatic heterocycles. The van der Waals surface area contributed by atoms with Gasteiger partial charge >= 0.3 is 0 Å². The van der Waals surface area contributed by atoms with Gasteiger partial charge in [-0.2, -0.15) is 4.98 Å². The number of aromatic nitrogens is 2. The van der Waals surface area contributed by atoms with Crippen LogP contribution in [0.25, 0.3) is 0 Å². The molecule has 0 saturated carbocycles. The lowest BCUT2D eigenvalue weighted by Crippen LogP contribution is -2.38. The Kier molecular flexibility index (Phi) is 7.63. The van der Waals surface area contributed by atoms with Crippen LogP contribution in [0.3, 0.4) is 0 Å². The normalized spacial score (nSPS) is 16.2. The van der Waals surface area contributed by atoms with Gasteiger partial charge in [-0.25, -0.2) is 4.99 Å². The second-order valence-electron chi connectivity index (χ2n) is 7.44. The van der Waals surface area contributed by atoms with E-state index in [1.165, 1.54) is 42.4 Å². The van der Waals surface area contributed by atoms with E-state index in [0.717, 1.165) is 12.5 Å². The van der Waals surface area contributed by atoms with Crippen molar-refractivity contribution in [1.29, 1.82) is 0 Å². The summed E-state index contributed by atoms with van der Waals surface area (Å²) in [6.07, 6.45) is 4.80. The van der Waals surface area contributed by atoms with Crippen molar-refractivity contribution in [3.8, 4) is 0 Å². The van der Waals surface area contributed by atoms with E-state index in [1.54, 1.807) is 0 Å². The first-order valence-electron chi connectivity index (χ1n) is 10.7. The molecule has 1 aliphatic carbocycles. The van der Waals surface area contributed by atoms with E-state index in [1.807, 2.05) is 13.8 Å². The van der Waals surface area contributed by atoms with Crippen LogP contribution >= 0.6 is 0 Å². The minimum Gasteiger partial charge on any atom is -0.371 e. The Hall–Kier alpha value is -2.41. The van der Waals surface area contributed by atoms with Gasteiger partial charge in [-0.1, -0.05) is 23.4 Å². The molecule has 2 N–H and O–H groups in total. The number of hydrogen-bond donors (Lipinski definition) is 2. The van der Waals surface area contributed by atoms with E-state index < -0.39 is 0 Å². The number of fused-ring (bicyclic) bond motifs is 1. The Balaban J connectivity index is 1.64. The van der Waals surface area contributed by atoms with Gasteiger partial charge in [-0.3, -0.25) is 0 Å². The Morgan fingerprint density at radius 2 is 2.00 bits per heavy atom. The number of nitrogens with zero attached hydrogens (tertiary/aromatic N) is 3. The van der Waals surface area contributed by atoms with Gasteiger partial charge in [0.25, 0.3) is 0 Å². The van der Waals surface area contributed by atoms with Crippen molar-refractivity contribution in [2.45, 2.75) is 72.1 Å². The summed E-state index contributed by atoms with van der Waals surface area (Å²) in [7, 11) is 0. The highest BCUT2D eigenvalue weighted by atomic mass is 16.5. The van der Waals surface area contributed by atoms with Crippen LogP contribution in [-0.2, 0) is 24.1 Å². The van der Waals surface area contributed by atoms with Gasteiger partial charge in [0.2, 0.25) is 5.89 Å². The number of guanidine groups is 1. The average molecular weight is 400 g/mol. The Morgan fingerprint density at radius 1 is 1.21 bits per heavy atom. The second-order valence-corrected chi connectivity index (χ2v) is 7.44. The number of nitrogens with one attached hydrogen (secondary N) is 2. The highest BCUT2D eigenvalue weighted by Gasteiger charge is 2.15. The molecular weight excluding hydrogens is 366 g/mol. The first-order valence-corrected chi connectivity index (χ1v) is 10.7. The molecule has 1 heterocycles. The van der Waals surface area contributed by atoms with E-state index in [4.69, 9.17) is 9.26 Å². The van der Waals surface area contributed by atoms with Crippen molar-refractivity contribution < 1.29 is 9.26 Å². The molecule has 3 rings (SSSR count). The fraction of sp³-hybridized carbons (Fsp3) is 0.591. The number of ether oxygens (including phenoxy) is 1. The van der Waals surface area contributed by atoms with Gasteiger partial charge in [-0.15, -0.1) is 0 Å². The molecule has 1 aromatic heterocycles. The number of aryl methyl sites for hydroxylation is 2. The number of benzene rings is 1. The Labute approximate surface area is 173 Å². The molecule has 2 atom stereocenters. The van der Waals surface area contributed by atoms with Crippen molar-refractivity contribution in [2.75, 3.05) is 13.2 Å². The van der Waals surface area contributed by atoms with Crippen LogP contribution < -0.4 is 10.6 Å². The Bertz CT molecular complexity index is 817. The van der Waals surface area contributed by atoms with Crippen LogP contribution in [0, 0.1) is 0 Å². The highest BCUT2D eigenvalue weighted by Crippen LogP contribution is 2.24. The molecule has 0 fully saturated rings. The lowest BCUT2D eigenvalue weighted by Gasteiger charge is -2.21. The van der Waals surface area contributed by atoms with Crippen molar-refractivity contribution in [1.82, 2.24) is 20.8 Å². The van der Waals surface area contributed by atoms with Gasteiger partial charge in [0.05, 0.1) is 6.04 Å². The summed E-state index contributed by atoms with van der Waals surface area (Å²) in [5.74, 6) is 1.76. The molecule has 1 aliphatic rings. The minimum atomic E-state index is -0.183. The smallest absolute Gasteiger partial charge is 0.248 e. The maximum absolute atomic E-state index is 5.50. The molecule has 0 bridgehead atoms. The first kappa shape index (κ1) is 21.3. The monoisotopic (exact) mass is 399 g/mol. The number of hydrogen-bond acceptors (Lipinski definition) is 5. The van der Waals surface area contributed by atoms with Crippen LogP contribution in [0.2, 0.25) is 0 Å². The molecule has 7 heteroatoms. The van der Waals surface area contributed by atoms with E-state index in [9.17, 15) is 0 Å². The molecule has 2 aromatic rings. The lowest BCUT2D eigenvalue weighted by atomic mass is 9.89. The summed E-state index contributed by atoms with van der Waals surface area (Å²) < 4.78 is 10.8. The molecule has 0 radical (unpaired) electrons. The van der Waals surface area contributed by atoms with Crippen LogP contribution in [0.15, 0.2) is 27.7 Å². The maximum Gasteiger partial charge on any atom is 0.248 e. The number of rotatable bonds is 8. The third-order valence-electron chi connectivity index (χ3n) is 5.21. The first-order chi connectivity index (χ1) is 14.1. The zero-order chi connectivity index (χ0) is 20.6. The van der Waals surface area contributed by atoms with Gasteiger partial charge in [-0.05, 0) is 70.1 Å². The summed E-state index contributed by atoms with van der Waals surface area (Å²) in [6.45, 7) is 9.77.